The molecule has 87 heavy (non-hydrogen) atoms. The van der Waals surface area contributed by atoms with Gasteiger partial charge >= 0.3 is 17.6 Å². The molecule has 2 unspecified atom stereocenters. The van der Waals surface area contributed by atoms with Crippen molar-refractivity contribution in [2.75, 3.05) is 0 Å². The Morgan fingerprint density at radius 1 is 0.586 bits per heavy atom. The monoisotopic (exact) mass is 1190 g/mol. The Morgan fingerprint density at radius 2 is 1.06 bits per heavy atom. The second-order valence-electron chi connectivity index (χ2n) is 31.3. The Kier molecular flexibility index (Phi) is 17.9. The Bertz CT molecular complexity index is 3230. The highest BCUT2D eigenvalue weighted by Gasteiger charge is 2.61. The first-order valence-corrected chi connectivity index (χ1v) is 34.6. The number of benzene rings is 1. The SMILES string of the molecule is CC(C)CCC[C@@H](C)[C@H]1CC[C@H]2[C@@H]3CC=C4CC(OC(=O)Cn5cc(COc6cc7ccc(=O)oc7cc6OCc6cn(CC(=O)OC7CC[C@@]8(C)C(=CC[C@H]9[C@@H]%10CC[C@H]([C@H](C)CCCC(C)C)[C@@]%10(C)CC[C@@H]98)C7)nn6)nn5)CC[C@]4(C)[C@H]3CC[C@]12C. The molecule has 3 aromatic heterocycles. The van der Waals surface area contributed by atoms with E-state index in [2.05, 4.69) is 102 Å². The van der Waals surface area contributed by atoms with E-state index in [1.54, 1.807) is 30.6 Å². The predicted molar refractivity (Wildman–Crippen MR) is 337 cm³/mol. The lowest BCUT2D eigenvalue weighted by molar-refractivity contribution is -0.153. The topological polar surface area (TPSA) is 163 Å². The summed E-state index contributed by atoms with van der Waals surface area (Å²) in [6, 6.07) is 6.39. The van der Waals surface area contributed by atoms with E-state index >= 15 is 0 Å². The van der Waals surface area contributed by atoms with Crippen molar-refractivity contribution in [1.29, 1.82) is 0 Å². The van der Waals surface area contributed by atoms with E-state index in [4.69, 9.17) is 23.4 Å². The fraction of sp³-hybridized carbons (Fsp3) is 0.740. The summed E-state index contributed by atoms with van der Waals surface area (Å²) < 4.78 is 33.5. The number of esters is 2. The predicted octanol–water partition coefficient (Wildman–Crippen LogP) is 16.0. The van der Waals surface area contributed by atoms with Gasteiger partial charge in [0, 0.05) is 30.4 Å². The summed E-state index contributed by atoms with van der Waals surface area (Å²) in [4.78, 5) is 39.3. The van der Waals surface area contributed by atoms with E-state index in [9.17, 15) is 14.4 Å². The molecule has 6 fully saturated rings. The smallest absolute Gasteiger partial charge is 0.336 e. The number of hydrogen-bond acceptors (Lipinski definition) is 12. The molecule has 1 aromatic carbocycles. The fourth-order valence-corrected chi connectivity index (χ4v) is 20.8. The molecule has 0 spiro atoms. The van der Waals surface area contributed by atoms with Gasteiger partial charge in [0.2, 0.25) is 0 Å². The molecule has 6 saturated carbocycles. The second kappa shape index (κ2) is 25.2. The standard InChI is InChI=1S/C73H104N6O8/c1-45(2)13-11-15-47(5)58-22-24-60-56-20-18-50-36-54(27-31-70(50,7)62(56)29-33-72(58,60)9)85-68(81)41-78-39-52(74-76-78)43-83-65-35-49-17-26-67(80)87-64(49)38-66(65)84-44-53-40-79(77-75-53)42-69(82)86-55-28-32-71(8)51(37-55)19-21-57-61-25-23-59(48(6)16-12-14-46(3)4)73(61,10)34-30-63(57)71/h17-19,26,35,38-40,45-48,54-63H,11-16,20-25,27-34,36-37,41-44H2,1-10H3/t47-,48-,54?,55?,56+,57+,58-,59-,60+,61+,62+,63+,70+,71+,72-,73-/m1/s1. The number of aromatic nitrogens is 6. The zero-order valence-electron chi connectivity index (χ0n) is 54.5. The van der Waals surface area contributed by atoms with Crippen LogP contribution in [0.25, 0.3) is 11.0 Å². The fourth-order valence-electron chi connectivity index (χ4n) is 20.8. The Labute approximate surface area is 518 Å². The molecule has 0 N–H and O–H groups in total. The lowest BCUT2D eigenvalue weighted by Crippen LogP contribution is -2.51. The molecule has 0 bridgehead atoms. The van der Waals surface area contributed by atoms with Gasteiger partial charge in [0.25, 0.3) is 0 Å². The van der Waals surface area contributed by atoms with Crippen LogP contribution in [0.5, 0.6) is 11.5 Å². The first-order chi connectivity index (χ1) is 41.7. The number of hydrogen-bond donors (Lipinski definition) is 0. The van der Waals surface area contributed by atoms with Crippen molar-refractivity contribution >= 4 is 22.9 Å². The summed E-state index contributed by atoms with van der Waals surface area (Å²) in [5, 5.41) is 17.8. The number of rotatable bonds is 22. The van der Waals surface area contributed by atoms with Crippen LogP contribution in [0.15, 0.2) is 69.2 Å². The molecule has 3 heterocycles. The van der Waals surface area contributed by atoms with Crippen molar-refractivity contribution in [3.05, 3.63) is 81.8 Å². The quantitative estimate of drug-likeness (QED) is 0.0416. The first-order valence-electron chi connectivity index (χ1n) is 34.6. The average Bonchev–Trinajstić information content (AvgIpc) is 1.64. The summed E-state index contributed by atoms with van der Waals surface area (Å²) in [6.07, 6.45) is 35.1. The number of carbonyl (C=O) groups is 2. The lowest BCUT2D eigenvalue weighted by Gasteiger charge is -2.58. The maximum Gasteiger partial charge on any atom is 0.336 e. The average molecular weight is 1190 g/mol. The highest BCUT2D eigenvalue weighted by atomic mass is 16.5. The van der Waals surface area contributed by atoms with Crippen LogP contribution in [-0.4, -0.2) is 54.1 Å². The van der Waals surface area contributed by atoms with E-state index < -0.39 is 5.63 Å². The van der Waals surface area contributed by atoms with Crippen LogP contribution in [0.1, 0.15) is 222 Å². The number of carbonyl (C=O) groups excluding carboxylic acids is 2. The molecule has 14 heteroatoms. The van der Waals surface area contributed by atoms with E-state index in [0.29, 0.717) is 56.5 Å². The van der Waals surface area contributed by atoms with Gasteiger partial charge in [-0.25, -0.2) is 14.2 Å². The molecule has 4 aromatic rings. The third-order valence-corrected chi connectivity index (χ3v) is 25.3. The van der Waals surface area contributed by atoms with Crippen molar-refractivity contribution in [2.45, 2.75) is 249 Å². The van der Waals surface area contributed by atoms with Crippen LogP contribution in [0.2, 0.25) is 0 Å². The molecule has 0 radical (unpaired) electrons. The van der Waals surface area contributed by atoms with Gasteiger partial charge in [-0.05, 0) is 195 Å². The van der Waals surface area contributed by atoms with Crippen molar-refractivity contribution in [2.24, 2.45) is 92.7 Å². The molecule has 474 valence electrons. The molecular formula is C73H104N6O8. The van der Waals surface area contributed by atoms with Gasteiger partial charge in [0.15, 0.2) is 11.5 Å². The van der Waals surface area contributed by atoms with Crippen LogP contribution in [-0.2, 0) is 45.4 Å². The molecule has 8 aliphatic rings. The van der Waals surface area contributed by atoms with Gasteiger partial charge in [-0.2, -0.15) is 0 Å². The van der Waals surface area contributed by atoms with Crippen LogP contribution >= 0.6 is 0 Å². The molecule has 8 aliphatic carbocycles. The highest BCUT2D eigenvalue weighted by molar-refractivity contribution is 5.80. The maximum absolute atomic E-state index is 13.5. The van der Waals surface area contributed by atoms with E-state index in [1.165, 1.54) is 123 Å². The van der Waals surface area contributed by atoms with E-state index in [0.717, 1.165) is 104 Å². The molecular weight excluding hydrogens is 1090 g/mol. The third-order valence-electron chi connectivity index (χ3n) is 25.3. The summed E-state index contributed by atoms with van der Waals surface area (Å²) in [7, 11) is 0. The van der Waals surface area contributed by atoms with Gasteiger partial charge < -0.3 is 23.4 Å². The second-order valence-corrected chi connectivity index (χ2v) is 31.3. The van der Waals surface area contributed by atoms with Crippen molar-refractivity contribution in [3.63, 3.8) is 0 Å². The van der Waals surface area contributed by atoms with Crippen molar-refractivity contribution < 1.29 is 33.0 Å². The summed E-state index contributed by atoms with van der Waals surface area (Å²) in [6.45, 7) is 24.8. The summed E-state index contributed by atoms with van der Waals surface area (Å²) in [5.41, 5.74) is 5.12. The van der Waals surface area contributed by atoms with E-state index in [1.807, 2.05) is 0 Å². The van der Waals surface area contributed by atoms with E-state index in [-0.39, 0.29) is 61.3 Å². The van der Waals surface area contributed by atoms with Gasteiger partial charge in [0.1, 0.15) is 55.5 Å². The molecule has 16 atom stereocenters. The number of fused-ring (bicyclic) bond motifs is 11. The van der Waals surface area contributed by atoms with Crippen LogP contribution < -0.4 is 15.1 Å². The van der Waals surface area contributed by atoms with Gasteiger partial charge in [-0.1, -0.05) is 141 Å². The summed E-state index contributed by atoms with van der Waals surface area (Å²) >= 11 is 0. The zero-order chi connectivity index (χ0) is 61.0. The lowest BCUT2D eigenvalue weighted by atomic mass is 9.47. The minimum absolute atomic E-state index is 0.000994. The van der Waals surface area contributed by atoms with Crippen molar-refractivity contribution in [1.82, 2.24) is 30.0 Å². The minimum atomic E-state index is -0.488. The number of nitrogens with zero attached hydrogens (tertiary/aromatic N) is 6. The zero-order valence-corrected chi connectivity index (χ0v) is 54.5. The third kappa shape index (κ3) is 12.5. The Morgan fingerprint density at radius 3 is 1.53 bits per heavy atom. The normalized spacial score (nSPS) is 34.2. The van der Waals surface area contributed by atoms with Gasteiger partial charge in [-0.3, -0.25) is 9.59 Å². The van der Waals surface area contributed by atoms with Gasteiger partial charge in [-0.15, -0.1) is 10.2 Å². The maximum atomic E-state index is 13.5. The minimum Gasteiger partial charge on any atom is -0.483 e. The molecule has 0 saturated heterocycles. The summed E-state index contributed by atoms with van der Waals surface area (Å²) in [5.74, 6) is 9.48. The molecule has 12 rings (SSSR count). The largest absolute Gasteiger partial charge is 0.483 e. The number of ether oxygens (including phenoxy) is 4. The molecule has 0 amide bonds. The first kappa shape index (κ1) is 61.9. The van der Waals surface area contributed by atoms with Crippen LogP contribution in [0.4, 0.5) is 0 Å². The highest BCUT2D eigenvalue weighted by Crippen LogP contribution is 2.69. The van der Waals surface area contributed by atoms with Gasteiger partial charge in [0.05, 0.1) is 12.4 Å². The Balaban J connectivity index is 0.609. The van der Waals surface area contributed by atoms with Crippen LogP contribution in [0.3, 0.4) is 0 Å². The Hall–Kier alpha value is -5.27. The molecule has 0 aliphatic heterocycles. The van der Waals surface area contributed by atoms with Crippen molar-refractivity contribution in [3.8, 4) is 11.5 Å². The molecule has 14 nitrogen and oxygen atoms in total. The van der Waals surface area contributed by atoms with Crippen LogP contribution in [0, 0.1) is 92.7 Å². The number of allylic oxidation sites excluding steroid dienone is 2.